The Morgan fingerprint density at radius 3 is 2.82 bits per heavy atom. The molecule has 0 spiro atoms. The fourth-order valence-electron chi connectivity index (χ4n) is 1.70. The summed E-state index contributed by atoms with van der Waals surface area (Å²) in [6.45, 7) is 1.14. The van der Waals surface area contributed by atoms with E-state index in [4.69, 9.17) is 4.74 Å². The number of hydrogen-bond acceptors (Lipinski definition) is 3. The van der Waals surface area contributed by atoms with E-state index in [2.05, 4.69) is 10.3 Å². The maximum absolute atomic E-state index is 13.3. The topological polar surface area (TPSA) is 51.2 Å². The summed E-state index contributed by atoms with van der Waals surface area (Å²) in [6, 6.07) is 1.11. The van der Waals surface area contributed by atoms with Crippen LogP contribution >= 0.6 is 0 Å². The molecule has 1 N–H and O–H groups in total. The van der Waals surface area contributed by atoms with Crippen LogP contribution in [0.2, 0.25) is 0 Å². The van der Waals surface area contributed by atoms with Crippen molar-refractivity contribution in [3.8, 4) is 0 Å². The number of nitrogens with one attached hydrogen (secondary N) is 1. The van der Waals surface area contributed by atoms with Crippen LogP contribution in [0.4, 0.5) is 8.78 Å². The van der Waals surface area contributed by atoms with Gasteiger partial charge in [0.15, 0.2) is 5.82 Å². The van der Waals surface area contributed by atoms with Crippen LogP contribution in [0.3, 0.4) is 0 Å². The minimum Gasteiger partial charge on any atom is -0.381 e. The zero-order valence-corrected chi connectivity index (χ0v) is 9.08. The number of carbonyl (C=O) groups excluding carboxylic acids is 1. The van der Waals surface area contributed by atoms with Gasteiger partial charge in [0.1, 0.15) is 0 Å². The minimum atomic E-state index is -1.26. The van der Waals surface area contributed by atoms with E-state index in [9.17, 15) is 13.6 Å². The van der Waals surface area contributed by atoms with Crippen LogP contribution in [0, 0.1) is 11.8 Å². The van der Waals surface area contributed by atoms with Crippen molar-refractivity contribution in [1.82, 2.24) is 10.3 Å². The predicted octanol–water partition coefficient (Wildman–Crippen LogP) is 1.27. The molecule has 0 saturated carbocycles. The Bertz CT molecular complexity index is 420. The first-order valence-corrected chi connectivity index (χ1v) is 5.37. The molecule has 17 heavy (non-hydrogen) atoms. The summed E-state index contributed by atoms with van der Waals surface area (Å²) in [7, 11) is 0. The second-order valence-electron chi connectivity index (χ2n) is 3.82. The number of hydrogen-bond donors (Lipinski definition) is 1. The molecule has 0 bridgehead atoms. The molecule has 92 valence electrons. The highest BCUT2D eigenvalue weighted by Crippen LogP contribution is 2.11. The van der Waals surface area contributed by atoms with Crippen molar-refractivity contribution in [1.29, 1.82) is 0 Å². The van der Waals surface area contributed by atoms with Gasteiger partial charge < -0.3 is 10.1 Å². The third-order valence-electron chi connectivity index (χ3n) is 2.65. The van der Waals surface area contributed by atoms with Crippen LogP contribution in [0.1, 0.15) is 23.2 Å². The Morgan fingerprint density at radius 1 is 1.41 bits per heavy atom. The van der Waals surface area contributed by atoms with Crippen LogP contribution in [0.5, 0.6) is 0 Å². The minimum absolute atomic E-state index is 0.0492. The summed E-state index contributed by atoms with van der Waals surface area (Å²) in [5.41, 5.74) is -0.316. The van der Waals surface area contributed by atoms with E-state index in [0.717, 1.165) is 12.3 Å². The Balaban J connectivity index is 2.06. The molecule has 6 heteroatoms. The zero-order valence-electron chi connectivity index (χ0n) is 9.08. The van der Waals surface area contributed by atoms with E-state index in [1.807, 2.05) is 0 Å². The van der Waals surface area contributed by atoms with Gasteiger partial charge in [-0.3, -0.25) is 4.79 Å². The molecule has 2 rings (SSSR count). The average Bonchev–Trinajstić information content (AvgIpc) is 2.34. The van der Waals surface area contributed by atoms with Gasteiger partial charge in [0.05, 0.1) is 5.56 Å². The van der Waals surface area contributed by atoms with Crippen LogP contribution < -0.4 is 5.32 Å². The van der Waals surface area contributed by atoms with Crippen molar-refractivity contribution in [2.75, 3.05) is 13.2 Å². The lowest BCUT2D eigenvalue weighted by Crippen LogP contribution is -2.39. The number of pyridine rings is 1. The van der Waals surface area contributed by atoms with Gasteiger partial charge >= 0.3 is 0 Å². The predicted molar refractivity (Wildman–Crippen MR) is 55.5 cm³/mol. The van der Waals surface area contributed by atoms with E-state index in [0.29, 0.717) is 26.1 Å². The van der Waals surface area contributed by atoms with Gasteiger partial charge in [0.2, 0.25) is 5.95 Å². The number of ether oxygens (including phenoxy) is 1. The molecule has 1 fully saturated rings. The maximum Gasteiger partial charge on any atom is 0.254 e. The molecule has 0 aromatic carbocycles. The van der Waals surface area contributed by atoms with Crippen molar-refractivity contribution < 1.29 is 18.3 Å². The third kappa shape index (κ3) is 2.76. The molecular weight excluding hydrogens is 230 g/mol. The average molecular weight is 242 g/mol. The number of carbonyl (C=O) groups is 1. The van der Waals surface area contributed by atoms with Crippen molar-refractivity contribution in [2.24, 2.45) is 0 Å². The standard InChI is InChI=1S/C11H12F2N2O2/c12-9-8(1-4-14-10(9)13)11(16)15-7-2-5-17-6-3-7/h1,4,7H,2-3,5-6H2,(H,15,16). The molecule has 1 aromatic rings. The first kappa shape index (κ1) is 11.9. The van der Waals surface area contributed by atoms with Crippen LogP contribution in [0.15, 0.2) is 12.3 Å². The Morgan fingerprint density at radius 2 is 2.12 bits per heavy atom. The molecular formula is C11H12F2N2O2. The lowest BCUT2D eigenvalue weighted by molar-refractivity contribution is 0.0694. The molecule has 0 atom stereocenters. The summed E-state index contributed by atoms with van der Waals surface area (Å²) >= 11 is 0. The first-order chi connectivity index (χ1) is 8.18. The Kier molecular flexibility index (Phi) is 3.63. The van der Waals surface area contributed by atoms with Gasteiger partial charge in [-0.1, -0.05) is 0 Å². The highest BCUT2D eigenvalue weighted by atomic mass is 19.2. The molecule has 1 aromatic heterocycles. The smallest absolute Gasteiger partial charge is 0.254 e. The van der Waals surface area contributed by atoms with Crippen molar-refractivity contribution in [3.05, 3.63) is 29.6 Å². The molecule has 0 radical (unpaired) electrons. The second-order valence-corrected chi connectivity index (χ2v) is 3.82. The summed E-state index contributed by atoms with van der Waals surface area (Å²) in [5.74, 6) is -3.09. The van der Waals surface area contributed by atoms with Crippen LogP contribution in [-0.4, -0.2) is 30.1 Å². The van der Waals surface area contributed by atoms with Gasteiger partial charge in [-0.05, 0) is 18.9 Å². The largest absolute Gasteiger partial charge is 0.381 e. The Labute approximate surface area is 97.0 Å². The number of aromatic nitrogens is 1. The SMILES string of the molecule is O=C(NC1CCOCC1)c1ccnc(F)c1F. The van der Waals surface area contributed by atoms with Gasteiger partial charge in [-0.25, -0.2) is 9.37 Å². The number of halogens is 2. The van der Waals surface area contributed by atoms with Gasteiger partial charge in [0, 0.05) is 25.5 Å². The summed E-state index contributed by atoms with van der Waals surface area (Å²) in [5, 5.41) is 2.65. The monoisotopic (exact) mass is 242 g/mol. The zero-order chi connectivity index (χ0) is 12.3. The Hall–Kier alpha value is -1.56. The van der Waals surface area contributed by atoms with Crippen LogP contribution in [-0.2, 0) is 4.74 Å². The van der Waals surface area contributed by atoms with Crippen molar-refractivity contribution in [3.63, 3.8) is 0 Å². The third-order valence-corrected chi connectivity index (χ3v) is 2.65. The number of amides is 1. The van der Waals surface area contributed by atoms with E-state index in [1.54, 1.807) is 0 Å². The number of nitrogens with zero attached hydrogens (tertiary/aromatic N) is 1. The lowest BCUT2D eigenvalue weighted by Gasteiger charge is -2.23. The van der Waals surface area contributed by atoms with Crippen molar-refractivity contribution in [2.45, 2.75) is 18.9 Å². The highest BCUT2D eigenvalue weighted by molar-refractivity contribution is 5.94. The van der Waals surface area contributed by atoms with Gasteiger partial charge in [-0.2, -0.15) is 4.39 Å². The number of rotatable bonds is 2. The second kappa shape index (κ2) is 5.18. The fourth-order valence-corrected chi connectivity index (χ4v) is 1.70. The molecule has 1 saturated heterocycles. The molecule has 1 aliphatic rings. The van der Waals surface area contributed by atoms with Crippen LogP contribution in [0.25, 0.3) is 0 Å². The summed E-state index contributed by atoms with van der Waals surface area (Å²) in [4.78, 5) is 14.8. The summed E-state index contributed by atoms with van der Waals surface area (Å²) < 4.78 is 31.2. The van der Waals surface area contributed by atoms with Gasteiger partial charge in [0.25, 0.3) is 5.91 Å². The lowest BCUT2D eigenvalue weighted by atomic mass is 10.1. The first-order valence-electron chi connectivity index (χ1n) is 5.37. The molecule has 1 aliphatic heterocycles. The van der Waals surface area contributed by atoms with Gasteiger partial charge in [-0.15, -0.1) is 0 Å². The fraction of sp³-hybridized carbons (Fsp3) is 0.455. The molecule has 1 amide bonds. The maximum atomic E-state index is 13.3. The highest BCUT2D eigenvalue weighted by Gasteiger charge is 2.20. The summed E-state index contributed by atoms with van der Waals surface area (Å²) in [6.07, 6.45) is 2.43. The quantitative estimate of drug-likeness (QED) is 0.794. The van der Waals surface area contributed by atoms with E-state index < -0.39 is 17.7 Å². The molecule has 0 aliphatic carbocycles. The van der Waals surface area contributed by atoms with E-state index >= 15 is 0 Å². The van der Waals surface area contributed by atoms with E-state index in [1.165, 1.54) is 0 Å². The molecule has 0 unspecified atom stereocenters. The van der Waals surface area contributed by atoms with Crippen molar-refractivity contribution >= 4 is 5.91 Å². The normalized spacial score (nSPS) is 16.8. The van der Waals surface area contributed by atoms with E-state index in [-0.39, 0.29) is 11.6 Å². The molecule has 2 heterocycles. The molecule has 4 nitrogen and oxygen atoms in total.